The van der Waals surface area contributed by atoms with Gasteiger partial charge in [-0.25, -0.2) is 13.8 Å². The van der Waals surface area contributed by atoms with Gasteiger partial charge in [0.05, 0.1) is 12.2 Å². The molecule has 1 unspecified atom stereocenters. The Morgan fingerprint density at radius 3 is 2.55 bits per heavy atom. The van der Waals surface area contributed by atoms with E-state index in [1.54, 1.807) is 0 Å². The minimum absolute atomic E-state index is 0.119. The van der Waals surface area contributed by atoms with Crippen LogP contribution in [0.1, 0.15) is 41.5 Å². The molecule has 1 fully saturated rings. The lowest BCUT2D eigenvalue weighted by Gasteiger charge is -2.39. The van der Waals surface area contributed by atoms with Crippen molar-refractivity contribution in [3.05, 3.63) is 101 Å². The fraction of sp³-hybridized carbons (Fsp3) is 0.379. The van der Waals surface area contributed by atoms with Crippen LogP contribution in [0.5, 0.6) is 0 Å². The molecular weight excluding hydrogens is 495 g/mol. The molecule has 2 aliphatic rings. The molecule has 9 heteroatoms. The molecule has 5 rings (SSSR count). The van der Waals surface area contributed by atoms with Gasteiger partial charge in [-0.15, -0.1) is 0 Å². The Morgan fingerprint density at radius 2 is 1.82 bits per heavy atom. The number of rotatable bonds is 7. The number of benzene rings is 2. The van der Waals surface area contributed by atoms with Crippen molar-refractivity contribution in [2.75, 3.05) is 33.2 Å². The molecule has 2 aliphatic heterocycles. The Balaban J connectivity index is 1.24. The number of aliphatic hydroxyl groups is 1. The molecule has 1 atom stereocenters. The van der Waals surface area contributed by atoms with Crippen molar-refractivity contribution < 1.29 is 27.8 Å². The number of hydrogen-bond donors (Lipinski definition) is 1. The van der Waals surface area contributed by atoms with Crippen LogP contribution in [0.4, 0.5) is 13.2 Å². The fourth-order valence-corrected chi connectivity index (χ4v) is 5.61. The van der Waals surface area contributed by atoms with Crippen LogP contribution in [-0.2, 0) is 27.3 Å². The molecule has 1 N–H and O–H groups in total. The van der Waals surface area contributed by atoms with Gasteiger partial charge in [0.2, 0.25) is 5.95 Å². The van der Waals surface area contributed by atoms with Gasteiger partial charge < -0.3 is 19.6 Å². The highest BCUT2D eigenvalue weighted by Crippen LogP contribution is 2.44. The van der Waals surface area contributed by atoms with E-state index in [-0.39, 0.29) is 16.7 Å². The van der Waals surface area contributed by atoms with Crippen LogP contribution in [0, 0.1) is 17.6 Å². The van der Waals surface area contributed by atoms with E-state index in [9.17, 15) is 23.1 Å². The molecule has 1 amide bonds. The van der Waals surface area contributed by atoms with Gasteiger partial charge in [-0.3, -0.25) is 4.79 Å². The maximum atomic E-state index is 14.1. The van der Waals surface area contributed by atoms with E-state index in [1.165, 1.54) is 29.1 Å². The fourth-order valence-electron chi connectivity index (χ4n) is 5.61. The third-order valence-corrected chi connectivity index (χ3v) is 7.78. The number of carbonyl (C=O) groups is 1. The van der Waals surface area contributed by atoms with Crippen LogP contribution in [0.15, 0.2) is 60.8 Å². The average Bonchev–Trinajstić information content (AvgIpc) is 3.28. The number of hydrogen-bond acceptors (Lipinski definition) is 5. The summed E-state index contributed by atoms with van der Waals surface area (Å²) in [6, 6.07) is 13.3. The average molecular weight is 526 g/mol. The molecule has 0 bridgehead atoms. The van der Waals surface area contributed by atoms with E-state index < -0.39 is 29.1 Å². The summed E-state index contributed by atoms with van der Waals surface area (Å²) < 4.78 is 47.8. The molecule has 1 spiro atoms. The van der Waals surface area contributed by atoms with Gasteiger partial charge >= 0.3 is 0 Å². The van der Waals surface area contributed by atoms with Gasteiger partial charge in [0.1, 0.15) is 0 Å². The summed E-state index contributed by atoms with van der Waals surface area (Å²) in [5.74, 6) is -4.02. The molecule has 3 aromatic rings. The first-order valence-electron chi connectivity index (χ1n) is 12.7. The predicted molar refractivity (Wildman–Crippen MR) is 134 cm³/mol. The number of pyridine rings is 1. The van der Waals surface area contributed by atoms with Crippen molar-refractivity contribution in [1.82, 2.24) is 14.8 Å². The van der Waals surface area contributed by atoms with Crippen molar-refractivity contribution in [2.24, 2.45) is 0 Å². The van der Waals surface area contributed by atoms with E-state index >= 15 is 0 Å². The molecule has 1 aromatic heterocycles. The second kappa shape index (κ2) is 10.5. The third-order valence-electron chi connectivity index (χ3n) is 7.78. The predicted octanol–water partition coefficient (Wildman–Crippen LogP) is 4.10. The summed E-state index contributed by atoms with van der Waals surface area (Å²) in [5, 5.41) is 11.6. The van der Waals surface area contributed by atoms with Crippen LogP contribution in [0.3, 0.4) is 0 Å². The molecule has 3 heterocycles. The van der Waals surface area contributed by atoms with Gasteiger partial charge in [0, 0.05) is 50.1 Å². The quantitative estimate of drug-likeness (QED) is 0.471. The molecular formula is C29H30F3N3O3. The van der Waals surface area contributed by atoms with E-state index in [2.05, 4.69) is 28.1 Å². The van der Waals surface area contributed by atoms with Crippen LogP contribution in [-0.4, -0.2) is 59.0 Å². The highest BCUT2D eigenvalue weighted by atomic mass is 19.2. The van der Waals surface area contributed by atoms with Crippen molar-refractivity contribution in [2.45, 2.75) is 37.1 Å². The lowest BCUT2D eigenvalue weighted by Crippen LogP contribution is -2.47. The number of likely N-dealkylation sites (tertiary alicyclic amines) is 1. The zero-order chi connectivity index (χ0) is 26.9. The van der Waals surface area contributed by atoms with Crippen LogP contribution < -0.4 is 0 Å². The molecule has 1 saturated heterocycles. The lowest BCUT2D eigenvalue weighted by atomic mass is 9.84. The van der Waals surface area contributed by atoms with E-state index in [4.69, 9.17) is 4.74 Å². The van der Waals surface area contributed by atoms with Gasteiger partial charge in [-0.05, 0) is 55.1 Å². The van der Waals surface area contributed by atoms with E-state index in [0.29, 0.717) is 19.6 Å². The van der Waals surface area contributed by atoms with Crippen molar-refractivity contribution in [1.29, 1.82) is 0 Å². The molecule has 0 saturated carbocycles. The Morgan fingerprint density at radius 1 is 1.08 bits per heavy atom. The maximum Gasteiger partial charge on any atom is 0.263 e. The zero-order valence-electron chi connectivity index (χ0n) is 21.2. The number of fused-ring (bicyclic) bond motifs is 2. The SMILES string of the molecule is CN(CCCN1CCC2(CC1)OCc1ccccc12)C(=O)C(O)(c1ccnc(F)c1)c1ccc(F)c(F)c1. The number of likely N-dealkylation sites (N-methyl/N-ethyl adjacent to an activating group) is 1. The highest BCUT2D eigenvalue weighted by Gasteiger charge is 2.44. The molecule has 0 radical (unpaired) electrons. The van der Waals surface area contributed by atoms with Crippen LogP contribution in [0.25, 0.3) is 0 Å². The molecule has 38 heavy (non-hydrogen) atoms. The normalized spacial score (nSPS) is 18.2. The maximum absolute atomic E-state index is 14.1. The third kappa shape index (κ3) is 4.81. The monoisotopic (exact) mass is 525 g/mol. The Hall–Kier alpha value is -3.27. The minimum Gasteiger partial charge on any atom is -0.372 e. The first kappa shape index (κ1) is 26.3. The molecule has 6 nitrogen and oxygen atoms in total. The van der Waals surface area contributed by atoms with Crippen LogP contribution in [0.2, 0.25) is 0 Å². The largest absolute Gasteiger partial charge is 0.372 e. The number of nitrogens with zero attached hydrogens (tertiary/aromatic N) is 3. The summed E-state index contributed by atoms with van der Waals surface area (Å²) in [6.45, 7) is 3.41. The number of aromatic nitrogens is 1. The Bertz CT molecular complexity index is 1330. The summed E-state index contributed by atoms with van der Waals surface area (Å²) >= 11 is 0. The van der Waals surface area contributed by atoms with E-state index in [0.717, 1.165) is 62.9 Å². The van der Waals surface area contributed by atoms with Gasteiger partial charge in [-0.1, -0.05) is 30.3 Å². The van der Waals surface area contributed by atoms with Gasteiger partial charge in [0.15, 0.2) is 17.2 Å². The van der Waals surface area contributed by atoms with Crippen molar-refractivity contribution >= 4 is 5.91 Å². The summed E-state index contributed by atoms with van der Waals surface area (Å²) in [6.07, 6.45) is 3.52. The molecule has 200 valence electrons. The van der Waals surface area contributed by atoms with Crippen LogP contribution >= 0.6 is 0 Å². The lowest BCUT2D eigenvalue weighted by molar-refractivity contribution is -0.146. The van der Waals surface area contributed by atoms with Gasteiger partial charge in [-0.2, -0.15) is 4.39 Å². The number of halogens is 3. The second-order valence-electron chi connectivity index (χ2n) is 10.1. The summed E-state index contributed by atoms with van der Waals surface area (Å²) in [7, 11) is 1.53. The summed E-state index contributed by atoms with van der Waals surface area (Å²) in [4.78, 5) is 20.7. The molecule has 0 aliphatic carbocycles. The van der Waals surface area contributed by atoms with Gasteiger partial charge in [0.25, 0.3) is 5.91 Å². The first-order valence-corrected chi connectivity index (χ1v) is 12.7. The minimum atomic E-state index is -2.42. The summed E-state index contributed by atoms with van der Waals surface area (Å²) in [5.41, 5.74) is -0.418. The number of piperidine rings is 1. The number of carbonyl (C=O) groups excluding carboxylic acids is 1. The topological polar surface area (TPSA) is 65.9 Å². The standard InChI is InChI=1S/C29H30F3N3O3/c1-34(13-4-14-35-15-10-28(11-16-35)23-6-3-2-5-20(23)19-38-28)27(36)29(37,22-9-12-33-26(32)18-22)21-7-8-24(30)25(31)17-21/h2-3,5-9,12,17-18,37H,4,10-11,13-16,19H2,1H3. The van der Waals surface area contributed by atoms with E-state index in [1.807, 2.05) is 6.07 Å². The first-order chi connectivity index (χ1) is 18.2. The van der Waals surface area contributed by atoms with Crippen molar-refractivity contribution in [3.8, 4) is 0 Å². The highest BCUT2D eigenvalue weighted by molar-refractivity contribution is 5.90. The Labute approximate surface area is 219 Å². The smallest absolute Gasteiger partial charge is 0.263 e. The zero-order valence-corrected chi connectivity index (χ0v) is 21.2. The number of ether oxygens (including phenoxy) is 1. The molecule has 2 aromatic carbocycles. The number of amides is 1. The van der Waals surface area contributed by atoms with Crippen molar-refractivity contribution in [3.63, 3.8) is 0 Å². The Kier molecular flexibility index (Phi) is 7.26. The second-order valence-corrected chi connectivity index (χ2v) is 10.1.